The third-order valence-corrected chi connectivity index (χ3v) is 2.56. The van der Waals surface area contributed by atoms with Gasteiger partial charge in [0.25, 0.3) is 0 Å². The average molecular weight is 255 g/mol. The topological polar surface area (TPSA) is 50.2 Å². The summed E-state index contributed by atoms with van der Waals surface area (Å²) in [6, 6.07) is 5.17. The van der Waals surface area contributed by atoms with Crippen molar-refractivity contribution in [3.05, 3.63) is 41.1 Å². The van der Waals surface area contributed by atoms with Crippen LogP contribution in [-0.2, 0) is 6.18 Å². The Hall–Kier alpha value is -2.11. The molecule has 0 aliphatic carbocycles. The summed E-state index contributed by atoms with van der Waals surface area (Å²) in [5.74, 6) is -1.40. The monoisotopic (exact) mass is 255 g/mol. The van der Waals surface area contributed by atoms with E-state index < -0.39 is 23.4 Å². The van der Waals surface area contributed by atoms with Crippen LogP contribution in [-0.4, -0.2) is 16.1 Å². The van der Waals surface area contributed by atoms with E-state index in [-0.39, 0.29) is 10.9 Å². The quantitative estimate of drug-likeness (QED) is 0.850. The molecule has 1 heterocycles. The van der Waals surface area contributed by atoms with Gasteiger partial charge in [0, 0.05) is 5.39 Å². The molecule has 0 saturated carbocycles. The molecule has 1 aromatic carbocycles. The van der Waals surface area contributed by atoms with Crippen LogP contribution >= 0.6 is 0 Å². The molecule has 0 saturated heterocycles. The first-order valence-corrected chi connectivity index (χ1v) is 5.01. The van der Waals surface area contributed by atoms with Gasteiger partial charge in [-0.05, 0) is 18.6 Å². The largest absolute Gasteiger partial charge is 0.478 e. The molecule has 3 nitrogen and oxygen atoms in total. The van der Waals surface area contributed by atoms with Gasteiger partial charge in [-0.25, -0.2) is 9.78 Å². The van der Waals surface area contributed by atoms with Gasteiger partial charge in [0.15, 0.2) is 0 Å². The average Bonchev–Trinajstić information content (AvgIpc) is 2.27. The van der Waals surface area contributed by atoms with Crippen molar-refractivity contribution in [2.24, 2.45) is 0 Å². The van der Waals surface area contributed by atoms with Gasteiger partial charge in [0.2, 0.25) is 0 Å². The first-order valence-electron chi connectivity index (χ1n) is 5.01. The van der Waals surface area contributed by atoms with Gasteiger partial charge in [0.05, 0.1) is 11.1 Å². The number of rotatable bonds is 1. The van der Waals surface area contributed by atoms with Crippen LogP contribution < -0.4 is 0 Å². The van der Waals surface area contributed by atoms with Gasteiger partial charge in [-0.15, -0.1) is 0 Å². The molecule has 2 aromatic rings. The number of alkyl halides is 3. The number of aryl methyl sites for hydroxylation is 1. The summed E-state index contributed by atoms with van der Waals surface area (Å²) in [4.78, 5) is 14.5. The Kier molecular flexibility index (Phi) is 2.73. The van der Waals surface area contributed by atoms with E-state index in [0.29, 0.717) is 11.6 Å². The molecule has 1 aromatic heterocycles. The Morgan fingerprint density at radius 3 is 2.56 bits per heavy atom. The third kappa shape index (κ3) is 2.01. The highest BCUT2D eigenvalue weighted by molar-refractivity contribution is 6.03. The molecule has 6 heteroatoms. The predicted molar refractivity (Wildman–Crippen MR) is 58.4 cm³/mol. The van der Waals surface area contributed by atoms with E-state index in [0.717, 1.165) is 0 Å². The molecule has 0 fully saturated rings. The van der Waals surface area contributed by atoms with Crippen molar-refractivity contribution in [1.29, 1.82) is 0 Å². The number of aromatic carboxylic acids is 1. The molecule has 0 amide bonds. The van der Waals surface area contributed by atoms with Crippen molar-refractivity contribution < 1.29 is 23.1 Å². The highest BCUT2D eigenvalue weighted by Gasteiger charge is 2.34. The molecule has 2 rings (SSSR count). The number of halogens is 3. The lowest BCUT2D eigenvalue weighted by Gasteiger charge is -2.10. The molecule has 0 spiro atoms. The summed E-state index contributed by atoms with van der Waals surface area (Å²) in [5, 5.41) is 9.17. The van der Waals surface area contributed by atoms with Crippen molar-refractivity contribution in [3.63, 3.8) is 0 Å². The number of carboxylic acid groups (broad SMARTS) is 1. The normalized spacial score (nSPS) is 11.8. The lowest BCUT2D eigenvalue weighted by molar-refractivity contribution is -0.140. The molecule has 0 unspecified atom stereocenters. The van der Waals surface area contributed by atoms with E-state index in [9.17, 15) is 18.0 Å². The van der Waals surface area contributed by atoms with E-state index in [1.807, 2.05) is 0 Å². The lowest BCUT2D eigenvalue weighted by atomic mass is 10.0. The summed E-state index contributed by atoms with van der Waals surface area (Å²) in [5.41, 5.74) is -1.02. The summed E-state index contributed by atoms with van der Waals surface area (Å²) in [6.45, 7) is 1.58. The number of fused-ring (bicyclic) bond motifs is 1. The maximum absolute atomic E-state index is 12.6. The van der Waals surface area contributed by atoms with E-state index in [2.05, 4.69) is 4.98 Å². The molecule has 0 aliphatic heterocycles. The predicted octanol–water partition coefficient (Wildman–Crippen LogP) is 3.26. The third-order valence-electron chi connectivity index (χ3n) is 2.56. The van der Waals surface area contributed by atoms with Gasteiger partial charge < -0.3 is 5.11 Å². The number of para-hydroxylation sites is 1. The molecule has 0 aliphatic rings. The zero-order valence-electron chi connectivity index (χ0n) is 9.25. The summed E-state index contributed by atoms with van der Waals surface area (Å²) in [6.07, 6.45) is -4.67. The SMILES string of the molecule is Cc1cccc2c(C(=O)O)cc(C(F)(F)F)nc12. The highest BCUT2D eigenvalue weighted by atomic mass is 19.4. The maximum Gasteiger partial charge on any atom is 0.433 e. The van der Waals surface area contributed by atoms with Gasteiger partial charge in [-0.2, -0.15) is 13.2 Å². The lowest BCUT2D eigenvalue weighted by Crippen LogP contribution is -2.11. The van der Waals surface area contributed by atoms with Crippen LogP contribution in [0.3, 0.4) is 0 Å². The van der Waals surface area contributed by atoms with E-state index in [1.54, 1.807) is 19.1 Å². The van der Waals surface area contributed by atoms with Crippen LogP contribution in [0.1, 0.15) is 21.6 Å². The number of carboxylic acids is 1. The van der Waals surface area contributed by atoms with Gasteiger partial charge in [-0.1, -0.05) is 18.2 Å². The Labute approximate surface area is 99.9 Å². The second kappa shape index (κ2) is 3.97. The minimum atomic E-state index is -4.67. The maximum atomic E-state index is 12.6. The Morgan fingerprint density at radius 2 is 2.00 bits per heavy atom. The van der Waals surface area contributed by atoms with Crippen molar-refractivity contribution in [2.45, 2.75) is 13.1 Å². The van der Waals surface area contributed by atoms with Crippen LogP contribution in [0.25, 0.3) is 10.9 Å². The molecule has 18 heavy (non-hydrogen) atoms. The summed E-state index contributed by atoms with van der Waals surface area (Å²) in [7, 11) is 0. The Balaban J connectivity index is 2.88. The number of nitrogens with zero attached hydrogens (tertiary/aromatic N) is 1. The summed E-state index contributed by atoms with van der Waals surface area (Å²) >= 11 is 0. The van der Waals surface area contributed by atoms with Gasteiger partial charge in [0.1, 0.15) is 5.69 Å². The highest BCUT2D eigenvalue weighted by Crippen LogP contribution is 2.31. The van der Waals surface area contributed by atoms with E-state index in [1.165, 1.54) is 6.07 Å². The second-order valence-electron chi connectivity index (χ2n) is 3.83. The van der Waals surface area contributed by atoms with E-state index >= 15 is 0 Å². The van der Waals surface area contributed by atoms with Crippen LogP contribution in [0.4, 0.5) is 13.2 Å². The first kappa shape index (κ1) is 12.3. The molecule has 0 radical (unpaired) electrons. The molecular weight excluding hydrogens is 247 g/mol. The minimum Gasteiger partial charge on any atom is -0.478 e. The van der Waals surface area contributed by atoms with Crippen molar-refractivity contribution >= 4 is 16.9 Å². The molecule has 0 atom stereocenters. The molecular formula is C12H8F3NO2. The number of pyridine rings is 1. The number of benzene rings is 1. The van der Waals surface area contributed by atoms with Crippen molar-refractivity contribution in [3.8, 4) is 0 Å². The number of carbonyl (C=O) groups is 1. The minimum absolute atomic E-state index is 0.0599. The number of hydrogen-bond acceptors (Lipinski definition) is 2. The van der Waals surface area contributed by atoms with Crippen LogP contribution in [0.15, 0.2) is 24.3 Å². The van der Waals surface area contributed by atoms with Crippen LogP contribution in [0.2, 0.25) is 0 Å². The van der Waals surface area contributed by atoms with Gasteiger partial charge in [-0.3, -0.25) is 0 Å². The fourth-order valence-corrected chi connectivity index (χ4v) is 1.71. The van der Waals surface area contributed by atoms with Crippen molar-refractivity contribution in [1.82, 2.24) is 4.98 Å². The first-order chi connectivity index (χ1) is 8.30. The summed E-state index contributed by atoms with van der Waals surface area (Å²) < 4.78 is 37.9. The molecule has 0 bridgehead atoms. The molecule has 1 N–H and O–H groups in total. The number of hydrogen-bond donors (Lipinski definition) is 1. The second-order valence-corrected chi connectivity index (χ2v) is 3.83. The van der Waals surface area contributed by atoms with Crippen LogP contribution in [0.5, 0.6) is 0 Å². The van der Waals surface area contributed by atoms with Crippen molar-refractivity contribution in [2.75, 3.05) is 0 Å². The smallest absolute Gasteiger partial charge is 0.433 e. The van der Waals surface area contributed by atoms with E-state index in [4.69, 9.17) is 5.11 Å². The number of aromatic nitrogens is 1. The van der Waals surface area contributed by atoms with Gasteiger partial charge >= 0.3 is 12.1 Å². The fraction of sp³-hybridized carbons (Fsp3) is 0.167. The standard InChI is InChI=1S/C12H8F3NO2/c1-6-3-2-4-7-8(11(17)18)5-9(12(13,14)15)16-10(6)7/h2-5H,1H3,(H,17,18). The zero-order chi connectivity index (χ0) is 13.5. The zero-order valence-corrected chi connectivity index (χ0v) is 9.25. The Bertz CT molecular complexity index is 635. The van der Waals surface area contributed by atoms with Crippen LogP contribution in [0, 0.1) is 6.92 Å². The Morgan fingerprint density at radius 1 is 1.33 bits per heavy atom. The fourth-order valence-electron chi connectivity index (χ4n) is 1.71. The molecule has 94 valence electrons.